The molecule has 6 nitrogen and oxygen atoms in total. The van der Waals surface area contributed by atoms with Crippen LogP contribution < -0.4 is 5.32 Å². The normalized spacial score (nSPS) is 20.9. The summed E-state index contributed by atoms with van der Waals surface area (Å²) in [6.07, 6.45) is -0.0412. The Morgan fingerprint density at radius 1 is 1.62 bits per heavy atom. The number of thioether (sulfide) groups is 1. The van der Waals surface area contributed by atoms with Crippen LogP contribution in [0.4, 0.5) is 6.01 Å². The van der Waals surface area contributed by atoms with E-state index in [0.717, 1.165) is 18.1 Å². The van der Waals surface area contributed by atoms with Crippen LogP contribution in [0.15, 0.2) is 4.52 Å². The van der Waals surface area contributed by atoms with E-state index in [0.29, 0.717) is 25.0 Å². The van der Waals surface area contributed by atoms with E-state index in [9.17, 15) is 0 Å². The van der Waals surface area contributed by atoms with Crippen LogP contribution in [0, 0.1) is 0 Å². The summed E-state index contributed by atoms with van der Waals surface area (Å²) in [5.74, 6) is 2.54. The van der Waals surface area contributed by atoms with Crippen molar-refractivity contribution in [1.82, 2.24) is 10.1 Å². The van der Waals surface area contributed by atoms with Gasteiger partial charge in [-0.3, -0.25) is 0 Å². The zero-order valence-corrected chi connectivity index (χ0v) is 9.96. The van der Waals surface area contributed by atoms with E-state index in [1.54, 1.807) is 7.11 Å². The van der Waals surface area contributed by atoms with Gasteiger partial charge < -0.3 is 19.3 Å². The average molecular weight is 245 g/mol. The Morgan fingerprint density at radius 3 is 3.31 bits per heavy atom. The Kier molecular flexibility index (Phi) is 4.44. The van der Waals surface area contributed by atoms with Crippen molar-refractivity contribution >= 4 is 17.8 Å². The number of nitrogens with zero attached hydrogens (tertiary/aromatic N) is 2. The van der Waals surface area contributed by atoms with Crippen molar-refractivity contribution in [2.24, 2.45) is 0 Å². The van der Waals surface area contributed by atoms with E-state index in [1.807, 2.05) is 11.8 Å². The second-order valence-corrected chi connectivity index (χ2v) is 4.46. The fraction of sp³-hybridized carbons (Fsp3) is 0.778. The smallest absolute Gasteiger partial charge is 0.321 e. The van der Waals surface area contributed by atoms with E-state index in [2.05, 4.69) is 15.5 Å². The number of rotatable bonds is 5. The van der Waals surface area contributed by atoms with Crippen molar-refractivity contribution in [2.45, 2.75) is 6.10 Å². The molecule has 90 valence electrons. The number of ether oxygens (including phenoxy) is 2. The summed E-state index contributed by atoms with van der Waals surface area (Å²) in [5.41, 5.74) is 0. The monoisotopic (exact) mass is 245 g/mol. The minimum Gasteiger partial charge on any atom is -0.383 e. The number of hydrogen-bond donors (Lipinski definition) is 1. The Labute approximate surface area is 98.1 Å². The van der Waals surface area contributed by atoms with E-state index < -0.39 is 0 Å². The van der Waals surface area contributed by atoms with E-state index in [-0.39, 0.29) is 6.10 Å². The average Bonchev–Trinajstić information content (AvgIpc) is 2.79. The van der Waals surface area contributed by atoms with Crippen LogP contribution in [0.25, 0.3) is 0 Å². The molecule has 1 N–H and O–H groups in total. The third kappa shape index (κ3) is 3.10. The summed E-state index contributed by atoms with van der Waals surface area (Å²) in [6, 6.07) is 0.422. The van der Waals surface area contributed by atoms with Gasteiger partial charge >= 0.3 is 6.01 Å². The lowest BCUT2D eigenvalue weighted by Gasteiger charge is -2.18. The van der Waals surface area contributed by atoms with Crippen molar-refractivity contribution in [2.75, 3.05) is 43.7 Å². The summed E-state index contributed by atoms with van der Waals surface area (Å²) in [6.45, 7) is 2.00. The Bertz CT molecular complexity index is 315. The number of methoxy groups -OCH3 is 1. The lowest BCUT2D eigenvalue weighted by Crippen LogP contribution is -2.16. The van der Waals surface area contributed by atoms with Gasteiger partial charge in [0.1, 0.15) is 6.10 Å². The SMILES string of the molecule is COCCNc1nc(C2CSCCO2)no1. The highest BCUT2D eigenvalue weighted by Gasteiger charge is 2.21. The summed E-state index contributed by atoms with van der Waals surface area (Å²) in [5, 5.41) is 6.87. The molecule has 0 bridgehead atoms. The molecule has 1 aliphatic heterocycles. The van der Waals surface area contributed by atoms with Gasteiger partial charge in [0.05, 0.1) is 13.2 Å². The molecule has 2 rings (SSSR count). The van der Waals surface area contributed by atoms with Crippen molar-refractivity contribution in [1.29, 1.82) is 0 Å². The van der Waals surface area contributed by atoms with Crippen LogP contribution in [-0.4, -0.2) is 48.5 Å². The van der Waals surface area contributed by atoms with Crippen molar-refractivity contribution in [3.05, 3.63) is 5.82 Å². The zero-order valence-electron chi connectivity index (χ0n) is 9.14. The van der Waals surface area contributed by atoms with Gasteiger partial charge in [-0.25, -0.2) is 0 Å². The number of anilines is 1. The van der Waals surface area contributed by atoms with Crippen molar-refractivity contribution < 1.29 is 14.0 Å². The summed E-state index contributed by atoms with van der Waals surface area (Å²) >= 11 is 1.84. The van der Waals surface area contributed by atoms with Crippen molar-refractivity contribution in [3.8, 4) is 0 Å². The standard InChI is InChI=1S/C9H15N3O3S/c1-13-3-2-10-9-11-8(12-15-9)7-6-16-5-4-14-7/h7H,2-6H2,1H3,(H,10,11,12). The molecule has 0 aliphatic carbocycles. The summed E-state index contributed by atoms with van der Waals surface area (Å²) in [7, 11) is 1.65. The molecule has 0 radical (unpaired) electrons. The molecule has 1 unspecified atom stereocenters. The van der Waals surface area contributed by atoms with Crippen LogP contribution in [0.3, 0.4) is 0 Å². The van der Waals surface area contributed by atoms with Crippen LogP contribution in [0.2, 0.25) is 0 Å². The van der Waals surface area contributed by atoms with Crippen LogP contribution in [0.1, 0.15) is 11.9 Å². The number of nitrogens with one attached hydrogen (secondary N) is 1. The van der Waals surface area contributed by atoms with Gasteiger partial charge in [0.25, 0.3) is 0 Å². The van der Waals surface area contributed by atoms with Gasteiger partial charge in [0.15, 0.2) is 0 Å². The Balaban J connectivity index is 1.85. The highest BCUT2D eigenvalue weighted by atomic mass is 32.2. The topological polar surface area (TPSA) is 69.4 Å². The van der Waals surface area contributed by atoms with E-state index >= 15 is 0 Å². The van der Waals surface area contributed by atoms with Crippen molar-refractivity contribution in [3.63, 3.8) is 0 Å². The lowest BCUT2D eigenvalue weighted by molar-refractivity contribution is 0.0677. The summed E-state index contributed by atoms with van der Waals surface area (Å²) < 4.78 is 15.5. The Hall–Kier alpha value is -0.790. The highest BCUT2D eigenvalue weighted by molar-refractivity contribution is 7.99. The van der Waals surface area contributed by atoms with Crippen LogP contribution >= 0.6 is 11.8 Å². The second kappa shape index (κ2) is 6.07. The zero-order chi connectivity index (χ0) is 11.2. The van der Waals surface area contributed by atoms with Gasteiger partial charge in [-0.15, -0.1) is 0 Å². The molecule has 1 aromatic heterocycles. The molecule has 0 amide bonds. The molecule has 1 fully saturated rings. The third-order valence-corrected chi connectivity index (χ3v) is 3.12. The molecule has 1 aromatic rings. The van der Waals surface area contributed by atoms with E-state index in [1.165, 1.54) is 0 Å². The first kappa shape index (κ1) is 11.7. The summed E-state index contributed by atoms with van der Waals surface area (Å²) in [4.78, 5) is 4.22. The van der Waals surface area contributed by atoms with Gasteiger partial charge in [-0.1, -0.05) is 5.16 Å². The molecule has 1 saturated heterocycles. The molecule has 2 heterocycles. The van der Waals surface area contributed by atoms with Crippen LogP contribution in [0.5, 0.6) is 0 Å². The first-order valence-corrected chi connectivity index (χ1v) is 6.31. The maximum atomic E-state index is 5.54. The van der Waals surface area contributed by atoms with Gasteiger partial charge in [0, 0.05) is 25.2 Å². The predicted octanol–water partition coefficient (Wildman–Crippen LogP) is 0.932. The largest absolute Gasteiger partial charge is 0.383 e. The highest BCUT2D eigenvalue weighted by Crippen LogP contribution is 2.24. The van der Waals surface area contributed by atoms with Gasteiger partial charge in [-0.2, -0.15) is 16.7 Å². The molecule has 7 heteroatoms. The minimum atomic E-state index is -0.0412. The maximum absolute atomic E-state index is 5.54. The molecule has 16 heavy (non-hydrogen) atoms. The fourth-order valence-corrected chi connectivity index (χ4v) is 2.17. The minimum absolute atomic E-state index is 0.0412. The first-order valence-electron chi connectivity index (χ1n) is 5.16. The predicted molar refractivity (Wildman–Crippen MR) is 60.7 cm³/mol. The van der Waals surface area contributed by atoms with E-state index in [4.69, 9.17) is 14.0 Å². The first-order chi connectivity index (χ1) is 7.90. The molecular weight excluding hydrogens is 230 g/mol. The van der Waals surface area contributed by atoms with Gasteiger partial charge in [-0.05, 0) is 0 Å². The van der Waals surface area contributed by atoms with Crippen LogP contribution in [-0.2, 0) is 9.47 Å². The fourth-order valence-electron chi connectivity index (χ4n) is 1.33. The number of aromatic nitrogens is 2. The molecule has 1 aliphatic rings. The Morgan fingerprint density at radius 2 is 2.56 bits per heavy atom. The third-order valence-electron chi connectivity index (χ3n) is 2.13. The van der Waals surface area contributed by atoms with Gasteiger partial charge in [0.2, 0.25) is 5.82 Å². The molecule has 0 aromatic carbocycles. The molecular formula is C9H15N3O3S. The molecule has 1 atom stereocenters. The number of hydrogen-bond acceptors (Lipinski definition) is 7. The lowest BCUT2D eigenvalue weighted by atomic mass is 10.4. The second-order valence-electron chi connectivity index (χ2n) is 3.31. The molecule has 0 spiro atoms. The molecule has 0 saturated carbocycles. The maximum Gasteiger partial charge on any atom is 0.321 e. The quantitative estimate of drug-likeness (QED) is 0.774.